The smallest absolute Gasteiger partial charge is 0.178 e. The number of hydrogen-bond donors (Lipinski definition) is 2. The van der Waals surface area contributed by atoms with E-state index in [1.165, 1.54) is 6.08 Å². The fourth-order valence-electron chi connectivity index (χ4n) is 7.46. The van der Waals surface area contributed by atoms with Gasteiger partial charge in [0, 0.05) is 16.7 Å². The number of fused-ring (bicyclic) bond motifs is 5. The number of aliphatic hydroxyl groups is 2. The first-order valence-electron chi connectivity index (χ1n) is 11.2. The van der Waals surface area contributed by atoms with E-state index in [2.05, 4.69) is 13.8 Å². The lowest BCUT2D eigenvalue weighted by molar-refractivity contribution is -0.207. The monoisotopic (exact) mass is 390 g/mol. The summed E-state index contributed by atoms with van der Waals surface area (Å²) in [4.78, 5) is 11.9. The fraction of sp³-hybridized carbons (Fsp3) is 0.792. The summed E-state index contributed by atoms with van der Waals surface area (Å²) < 4.78 is 17.0. The van der Waals surface area contributed by atoms with Gasteiger partial charge in [-0.15, -0.1) is 0 Å². The number of halogens is 1. The number of ketones is 1. The molecule has 156 valence electrons. The third-order valence-corrected chi connectivity index (χ3v) is 8.91. The van der Waals surface area contributed by atoms with Crippen molar-refractivity contribution in [1.29, 1.82) is 0 Å². The van der Waals surface area contributed by atoms with Crippen LogP contribution < -0.4 is 0 Å². The predicted molar refractivity (Wildman–Crippen MR) is 107 cm³/mol. The maximum atomic E-state index is 17.0. The van der Waals surface area contributed by atoms with Gasteiger partial charge in [0.15, 0.2) is 11.5 Å². The van der Waals surface area contributed by atoms with Gasteiger partial charge in [-0.1, -0.05) is 44.8 Å². The van der Waals surface area contributed by atoms with Crippen LogP contribution in [0.25, 0.3) is 0 Å². The van der Waals surface area contributed by atoms with E-state index in [9.17, 15) is 15.0 Å². The molecular weight excluding hydrogens is 355 g/mol. The highest BCUT2D eigenvalue weighted by Gasteiger charge is 2.71. The molecule has 0 aliphatic heterocycles. The molecule has 0 unspecified atom stereocenters. The van der Waals surface area contributed by atoms with Crippen LogP contribution in [0.4, 0.5) is 4.39 Å². The third-order valence-electron chi connectivity index (χ3n) is 8.91. The Morgan fingerprint density at radius 3 is 2.71 bits per heavy atom. The number of rotatable bonds is 4. The molecule has 8 atom stereocenters. The molecule has 2 N–H and O–H groups in total. The van der Waals surface area contributed by atoms with Gasteiger partial charge >= 0.3 is 0 Å². The summed E-state index contributed by atoms with van der Waals surface area (Å²) >= 11 is 0. The molecule has 0 bridgehead atoms. The lowest BCUT2D eigenvalue weighted by atomic mass is 9.45. The van der Waals surface area contributed by atoms with Crippen molar-refractivity contribution in [3.05, 3.63) is 23.8 Å². The number of hydrogen-bond acceptors (Lipinski definition) is 3. The minimum atomic E-state index is -1.78. The number of carbonyl (C=O) groups is 1. The number of unbranched alkanes of at least 4 members (excludes halogenated alkanes) is 2. The van der Waals surface area contributed by atoms with E-state index in [1.807, 2.05) is 6.92 Å². The zero-order valence-corrected chi connectivity index (χ0v) is 17.5. The van der Waals surface area contributed by atoms with Crippen LogP contribution >= 0.6 is 0 Å². The average Bonchev–Trinajstić information content (AvgIpc) is 2.89. The van der Waals surface area contributed by atoms with Crippen molar-refractivity contribution in [1.82, 2.24) is 0 Å². The molecule has 4 aliphatic rings. The van der Waals surface area contributed by atoms with Crippen molar-refractivity contribution < 1.29 is 19.4 Å². The standard InChI is InChI=1S/C24H35FO3/c1-4-5-6-10-23-14-20(27)24(25)18(19(23)12-15(2)21(23)28)8-7-16-13-17(26)9-11-22(16,24)3/h9,11,13,15,18-21,27-28H,4-8,10,12,14H2,1-3H3/t15-,18-,19-,20-,21+,22-,23-,24-/m0/s1. The van der Waals surface area contributed by atoms with Crippen LogP contribution in [0.5, 0.6) is 0 Å². The predicted octanol–water partition coefficient (Wildman–Crippen LogP) is 4.52. The Morgan fingerprint density at radius 2 is 2.00 bits per heavy atom. The number of aliphatic hydroxyl groups excluding tert-OH is 2. The Labute approximate surface area is 168 Å². The Balaban J connectivity index is 1.76. The largest absolute Gasteiger partial charge is 0.392 e. The lowest BCUT2D eigenvalue weighted by Gasteiger charge is -2.62. The van der Waals surface area contributed by atoms with Gasteiger partial charge in [-0.25, -0.2) is 4.39 Å². The van der Waals surface area contributed by atoms with Crippen LogP contribution in [0.3, 0.4) is 0 Å². The number of carbonyl (C=O) groups excluding carboxylic acids is 1. The summed E-state index contributed by atoms with van der Waals surface area (Å²) in [5.74, 6) is -0.141. The molecule has 0 aromatic carbocycles. The van der Waals surface area contributed by atoms with E-state index < -0.39 is 23.3 Å². The highest BCUT2D eigenvalue weighted by atomic mass is 19.1. The fourth-order valence-corrected chi connectivity index (χ4v) is 7.46. The summed E-state index contributed by atoms with van der Waals surface area (Å²) in [6.45, 7) is 6.10. The summed E-state index contributed by atoms with van der Waals surface area (Å²) in [5.41, 5.74) is -2.27. The molecular formula is C24H35FO3. The maximum Gasteiger partial charge on any atom is 0.178 e. The van der Waals surface area contributed by atoms with Crippen LogP contribution in [0.15, 0.2) is 23.8 Å². The van der Waals surface area contributed by atoms with Crippen LogP contribution in [0.1, 0.15) is 72.1 Å². The highest BCUT2D eigenvalue weighted by molar-refractivity contribution is 6.01. The molecule has 28 heavy (non-hydrogen) atoms. The number of alkyl halides is 1. The molecule has 0 radical (unpaired) electrons. The molecule has 3 nitrogen and oxygen atoms in total. The van der Waals surface area contributed by atoms with Crippen molar-refractivity contribution in [3.8, 4) is 0 Å². The normalized spacial score (nSPS) is 50.0. The van der Waals surface area contributed by atoms with Crippen LogP contribution in [-0.4, -0.2) is 33.9 Å². The first kappa shape index (κ1) is 20.3. The quantitative estimate of drug-likeness (QED) is 0.694. The van der Waals surface area contributed by atoms with E-state index in [4.69, 9.17) is 0 Å². The summed E-state index contributed by atoms with van der Waals surface area (Å²) in [5, 5.41) is 22.4. The van der Waals surface area contributed by atoms with Gasteiger partial charge in [0.1, 0.15) is 0 Å². The van der Waals surface area contributed by atoms with Crippen molar-refractivity contribution in [2.45, 2.75) is 90.0 Å². The van der Waals surface area contributed by atoms with E-state index in [1.54, 1.807) is 12.2 Å². The van der Waals surface area contributed by atoms with E-state index >= 15 is 4.39 Å². The molecule has 4 rings (SSSR count). The maximum absolute atomic E-state index is 17.0. The Kier molecular flexibility index (Phi) is 4.90. The van der Waals surface area contributed by atoms with Gasteiger partial charge in [0.25, 0.3) is 0 Å². The second-order valence-corrected chi connectivity index (χ2v) is 10.2. The van der Waals surface area contributed by atoms with E-state index in [0.29, 0.717) is 19.3 Å². The third kappa shape index (κ3) is 2.49. The highest BCUT2D eigenvalue weighted by Crippen LogP contribution is 2.69. The molecule has 0 amide bonds. The first-order chi connectivity index (χ1) is 13.2. The molecule has 0 aromatic rings. The van der Waals surface area contributed by atoms with Crippen LogP contribution in [0, 0.1) is 28.6 Å². The molecule has 0 saturated heterocycles. The average molecular weight is 391 g/mol. The topological polar surface area (TPSA) is 57.5 Å². The van der Waals surface area contributed by atoms with Crippen molar-refractivity contribution >= 4 is 5.78 Å². The molecule has 3 fully saturated rings. The zero-order valence-electron chi connectivity index (χ0n) is 17.5. The molecule has 0 heterocycles. The lowest BCUT2D eigenvalue weighted by Crippen LogP contribution is -2.67. The van der Waals surface area contributed by atoms with Gasteiger partial charge in [0.2, 0.25) is 0 Å². The van der Waals surface area contributed by atoms with E-state index in [-0.39, 0.29) is 29.0 Å². The number of allylic oxidation sites excluding steroid dienone is 4. The molecule has 4 aliphatic carbocycles. The Bertz CT molecular complexity index is 715. The SMILES string of the molecule is CCCCC[C@]12C[C@H](O)[C@@]3(F)[C@@H](CCC4=CC(=O)C=C[C@@]43C)[C@@H]1C[C@H](C)[C@H]2O. The zero-order chi connectivity index (χ0) is 20.3. The van der Waals surface area contributed by atoms with Gasteiger partial charge in [0.05, 0.1) is 12.2 Å². The molecule has 0 spiro atoms. The van der Waals surface area contributed by atoms with Crippen LogP contribution in [0.2, 0.25) is 0 Å². The van der Waals surface area contributed by atoms with Gasteiger partial charge in [-0.2, -0.15) is 0 Å². The first-order valence-corrected chi connectivity index (χ1v) is 11.2. The summed E-state index contributed by atoms with van der Waals surface area (Å²) in [7, 11) is 0. The minimum Gasteiger partial charge on any atom is -0.392 e. The molecule has 4 heteroatoms. The van der Waals surface area contributed by atoms with Crippen molar-refractivity contribution in [3.63, 3.8) is 0 Å². The van der Waals surface area contributed by atoms with Gasteiger partial charge < -0.3 is 10.2 Å². The second kappa shape index (κ2) is 6.77. The summed E-state index contributed by atoms with van der Waals surface area (Å²) in [6.07, 6.45) is 9.76. The van der Waals surface area contributed by atoms with E-state index in [0.717, 1.165) is 37.7 Å². The molecule has 0 aromatic heterocycles. The Hall–Kier alpha value is -1.00. The van der Waals surface area contributed by atoms with Gasteiger partial charge in [-0.05, 0) is 63.0 Å². The van der Waals surface area contributed by atoms with Crippen LogP contribution in [-0.2, 0) is 4.79 Å². The van der Waals surface area contributed by atoms with Crippen molar-refractivity contribution in [2.24, 2.45) is 28.6 Å². The second-order valence-electron chi connectivity index (χ2n) is 10.2. The molecule has 3 saturated carbocycles. The minimum absolute atomic E-state index is 0.0846. The summed E-state index contributed by atoms with van der Waals surface area (Å²) in [6, 6.07) is 0. The van der Waals surface area contributed by atoms with Gasteiger partial charge in [-0.3, -0.25) is 4.79 Å². The van der Waals surface area contributed by atoms with Crippen molar-refractivity contribution in [2.75, 3.05) is 0 Å². The Morgan fingerprint density at radius 1 is 1.25 bits per heavy atom.